The number of nitrogens with zero attached hydrogens (tertiary/aromatic N) is 1. The van der Waals surface area contributed by atoms with Gasteiger partial charge in [0.1, 0.15) is 5.75 Å². The van der Waals surface area contributed by atoms with Crippen LogP contribution in [0.15, 0.2) is 18.2 Å². The van der Waals surface area contributed by atoms with Gasteiger partial charge in [-0.1, -0.05) is 11.6 Å². The van der Waals surface area contributed by atoms with Gasteiger partial charge in [0, 0.05) is 18.5 Å². The van der Waals surface area contributed by atoms with Crippen molar-refractivity contribution >= 4 is 23.5 Å². The molecule has 1 aliphatic rings. The van der Waals surface area contributed by atoms with Crippen LogP contribution in [0.4, 0.5) is 4.39 Å². The van der Waals surface area contributed by atoms with Crippen molar-refractivity contribution in [3.05, 3.63) is 28.8 Å². The highest BCUT2D eigenvalue weighted by molar-refractivity contribution is 6.32. The molecular formula is C13H13ClFNO4. The van der Waals surface area contributed by atoms with Gasteiger partial charge in [-0.2, -0.15) is 0 Å². The molecule has 1 aromatic rings. The number of likely N-dealkylation sites (tertiary alicyclic amines) is 1. The number of carboxylic acids is 1. The van der Waals surface area contributed by atoms with Gasteiger partial charge in [-0.15, -0.1) is 0 Å². The van der Waals surface area contributed by atoms with Crippen LogP contribution in [0.3, 0.4) is 0 Å². The lowest BCUT2D eigenvalue weighted by Crippen LogP contribution is -2.38. The van der Waals surface area contributed by atoms with Crippen molar-refractivity contribution in [3.63, 3.8) is 0 Å². The van der Waals surface area contributed by atoms with Crippen molar-refractivity contribution in [3.8, 4) is 5.75 Å². The summed E-state index contributed by atoms with van der Waals surface area (Å²) in [4.78, 5) is 24.2. The maximum absolute atomic E-state index is 13.9. The largest absolute Gasteiger partial charge is 0.495 e. The molecular weight excluding hydrogens is 289 g/mol. The Morgan fingerprint density at radius 2 is 2.20 bits per heavy atom. The third-order valence-electron chi connectivity index (χ3n) is 3.29. The predicted molar refractivity (Wildman–Crippen MR) is 70.0 cm³/mol. The van der Waals surface area contributed by atoms with Gasteiger partial charge < -0.3 is 14.7 Å². The maximum atomic E-state index is 13.9. The first-order valence-corrected chi connectivity index (χ1v) is 6.30. The fourth-order valence-electron chi connectivity index (χ4n) is 2.10. The maximum Gasteiger partial charge on any atom is 0.343 e. The lowest BCUT2D eigenvalue weighted by atomic mass is 10.1. The minimum absolute atomic E-state index is 0.0621. The fraction of sp³-hybridized carbons (Fsp3) is 0.385. The monoisotopic (exact) mass is 301 g/mol. The van der Waals surface area contributed by atoms with E-state index in [1.54, 1.807) is 0 Å². The zero-order chi connectivity index (χ0) is 14.9. The molecule has 5 nitrogen and oxygen atoms in total. The number of methoxy groups -OCH3 is 1. The summed E-state index contributed by atoms with van der Waals surface area (Å²) < 4.78 is 18.9. The summed E-state index contributed by atoms with van der Waals surface area (Å²) in [6.07, 6.45) is -0.210. The van der Waals surface area contributed by atoms with Crippen LogP contribution in [-0.2, 0) is 4.79 Å². The van der Waals surface area contributed by atoms with Gasteiger partial charge in [0.25, 0.3) is 5.91 Å². The van der Waals surface area contributed by atoms with E-state index in [1.807, 2.05) is 0 Å². The predicted octanol–water partition coefficient (Wildman–Crippen LogP) is 1.99. The lowest BCUT2D eigenvalue weighted by Gasteiger charge is -2.18. The smallest absolute Gasteiger partial charge is 0.343 e. The lowest BCUT2D eigenvalue weighted by molar-refractivity contribution is -0.149. The van der Waals surface area contributed by atoms with E-state index in [0.717, 1.165) is 0 Å². The number of rotatable bonds is 3. The summed E-state index contributed by atoms with van der Waals surface area (Å²) in [6.45, 7) is -0.390. The molecule has 1 atom stereocenters. The summed E-state index contributed by atoms with van der Waals surface area (Å²) in [7, 11) is 1.42. The van der Waals surface area contributed by atoms with Gasteiger partial charge in [0.2, 0.25) is 5.67 Å². The summed E-state index contributed by atoms with van der Waals surface area (Å²) in [5, 5.41) is 9.17. The van der Waals surface area contributed by atoms with Gasteiger partial charge in [-0.3, -0.25) is 4.79 Å². The summed E-state index contributed by atoms with van der Waals surface area (Å²) >= 11 is 5.86. The van der Waals surface area contributed by atoms with Gasteiger partial charge in [0.05, 0.1) is 18.7 Å². The van der Waals surface area contributed by atoms with E-state index in [9.17, 15) is 14.0 Å². The Balaban J connectivity index is 2.19. The van der Waals surface area contributed by atoms with Crippen LogP contribution in [0.2, 0.25) is 5.02 Å². The zero-order valence-electron chi connectivity index (χ0n) is 10.7. The average molecular weight is 302 g/mol. The molecule has 0 saturated carbocycles. The van der Waals surface area contributed by atoms with Crippen LogP contribution in [0, 0.1) is 0 Å². The van der Waals surface area contributed by atoms with Crippen LogP contribution < -0.4 is 4.74 Å². The Morgan fingerprint density at radius 3 is 2.75 bits per heavy atom. The van der Waals surface area contributed by atoms with Crippen molar-refractivity contribution in [2.24, 2.45) is 0 Å². The highest BCUT2D eigenvalue weighted by Gasteiger charge is 2.47. The first-order chi connectivity index (χ1) is 9.37. The number of aliphatic carboxylic acids is 1. The van der Waals surface area contributed by atoms with E-state index in [-0.39, 0.29) is 18.5 Å². The molecule has 0 bridgehead atoms. The normalized spacial score (nSPS) is 21.9. The van der Waals surface area contributed by atoms with E-state index in [4.69, 9.17) is 21.4 Å². The number of hydrogen-bond acceptors (Lipinski definition) is 3. The van der Waals surface area contributed by atoms with Crippen LogP contribution in [0.25, 0.3) is 0 Å². The summed E-state index contributed by atoms with van der Waals surface area (Å²) in [5.41, 5.74) is -2.09. The molecule has 1 N–H and O–H groups in total. The van der Waals surface area contributed by atoms with E-state index < -0.39 is 24.1 Å². The van der Waals surface area contributed by atoms with E-state index >= 15 is 0 Å². The highest BCUT2D eigenvalue weighted by Crippen LogP contribution is 2.29. The van der Waals surface area contributed by atoms with Crippen molar-refractivity contribution < 1.29 is 23.8 Å². The quantitative estimate of drug-likeness (QED) is 0.927. The number of hydrogen-bond donors (Lipinski definition) is 1. The molecule has 1 fully saturated rings. The SMILES string of the molecule is COc1cc(C(=O)N2CCC(F)(C(=O)O)C2)ccc1Cl. The van der Waals surface area contributed by atoms with Crippen molar-refractivity contribution in [2.75, 3.05) is 20.2 Å². The number of carboxylic acid groups (broad SMARTS) is 1. The molecule has 1 aromatic carbocycles. The number of ether oxygens (including phenoxy) is 1. The first-order valence-electron chi connectivity index (χ1n) is 5.92. The number of carbonyl (C=O) groups is 2. The fourth-order valence-corrected chi connectivity index (χ4v) is 2.29. The highest BCUT2D eigenvalue weighted by atomic mass is 35.5. The molecule has 0 spiro atoms. The second kappa shape index (κ2) is 5.28. The molecule has 1 aliphatic heterocycles. The summed E-state index contributed by atoms with van der Waals surface area (Å²) in [5.74, 6) is -1.65. The molecule has 1 heterocycles. The average Bonchev–Trinajstić information content (AvgIpc) is 2.82. The third kappa shape index (κ3) is 2.56. The van der Waals surface area contributed by atoms with Crippen molar-refractivity contribution in [1.29, 1.82) is 0 Å². The number of halogens is 2. The molecule has 1 unspecified atom stereocenters. The van der Waals surface area contributed by atoms with Gasteiger partial charge >= 0.3 is 5.97 Å². The van der Waals surface area contributed by atoms with E-state index in [2.05, 4.69) is 0 Å². The number of alkyl halides is 1. The van der Waals surface area contributed by atoms with Gasteiger partial charge in [-0.25, -0.2) is 9.18 Å². The van der Waals surface area contributed by atoms with Gasteiger partial charge in [0.15, 0.2) is 0 Å². The second-order valence-corrected chi connectivity index (χ2v) is 5.00. The molecule has 7 heteroatoms. The van der Waals surface area contributed by atoms with Crippen LogP contribution in [0.1, 0.15) is 16.8 Å². The van der Waals surface area contributed by atoms with Crippen LogP contribution in [0.5, 0.6) is 5.75 Å². The minimum Gasteiger partial charge on any atom is -0.495 e. The molecule has 0 aromatic heterocycles. The van der Waals surface area contributed by atoms with Crippen LogP contribution in [-0.4, -0.2) is 47.8 Å². The van der Waals surface area contributed by atoms with E-state index in [0.29, 0.717) is 10.8 Å². The summed E-state index contributed by atoms with van der Waals surface area (Å²) in [6, 6.07) is 4.44. The standard InChI is InChI=1S/C13H13ClFNO4/c1-20-10-6-8(2-3-9(10)14)11(17)16-5-4-13(15,7-16)12(18)19/h2-3,6H,4-5,7H2,1H3,(H,18,19). The molecule has 108 valence electrons. The number of benzene rings is 1. The molecule has 1 saturated heterocycles. The Kier molecular flexibility index (Phi) is 3.85. The molecule has 0 aliphatic carbocycles. The Hall–Kier alpha value is -1.82. The van der Waals surface area contributed by atoms with Crippen molar-refractivity contribution in [2.45, 2.75) is 12.1 Å². The zero-order valence-corrected chi connectivity index (χ0v) is 11.5. The minimum atomic E-state index is -2.37. The number of amides is 1. The van der Waals surface area contributed by atoms with E-state index in [1.165, 1.54) is 30.2 Å². The van der Waals surface area contributed by atoms with Crippen LogP contribution >= 0.6 is 11.6 Å². The molecule has 20 heavy (non-hydrogen) atoms. The Bertz CT molecular complexity index is 565. The topological polar surface area (TPSA) is 66.8 Å². The second-order valence-electron chi connectivity index (χ2n) is 4.60. The molecule has 0 radical (unpaired) electrons. The number of carbonyl (C=O) groups excluding carboxylic acids is 1. The van der Waals surface area contributed by atoms with Gasteiger partial charge in [-0.05, 0) is 18.2 Å². The third-order valence-corrected chi connectivity index (χ3v) is 3.60. The Labute approximate surface area is 119 Å². The molecule has 2 rings (SSSR count). The Morgan fingerprint density at radius 1 is 1.50 bits per heavy atom. The van der Waals surface area contributed by atoms with Crippen molar-refractivity contribution in [1.82, 2.24) is 4.90 Å². The molecule has 1 amide bonds. The first kappa shape index (κ1) is 14.6.